The van der Waals surface area contributed by atoms with Crippen LogP contribution in [0.25, 0.3) is 5.65 Å². The molecule has 2 N–H and O–H groups in total. The van der Waals surface area contributed by atoms with Gasteiger partial charge in [-0.1, -0.05) is 13.8 Å². The van der Waals surface area contributed by atoms with E-state index < -0.39 is 0 Å². The summed E-state index contributed by atoms with van der Waals surface area (Å²) in [5, 5.41) is 17.4. The van der Waals surface area contributed by atoms with Gasteiger partial charge in [0.2, 0.25) is 0 Å². The van der Waals surface area contributed by atoms with Crippen LogP contribution in [0.4, 0.5) is 5.82 Å². The van der Waals surface area contributed by atoms with Crippen molar-refractivity contribution in [1.29, 1.82) is 0 Å². The molecule has 0 saturated carbocycles. The fourth-order valence-electron chi connectivity index (χ4n) is 3.38. The van der Waals surface area contributed by atoms with Crippen molar-refractivity contribution in [2.45, 2.75) is 39.5 Å². The topological polar surface area (TPSA) is 65.7 Å². The lowest BCUT2D eigenvalue weighted by Gasteiger charge is -2.31. The summed E-state index contributed by atoms with van der Waals surface area (Å²) < 4.78 is 1.90. The number of hydrogen-bond acceptors (Lipinski definition) is 5. The Bertz CT molecular complexity index is 681. The van der Waals surface area contributed by atoms with E-state index in [1.54, 1.807) is 0 Å². The summed E-state index contributed by atoms with van der Waals surface area (Å²) in [6.07, 6.45) is 2.33. The molecule has 6 nitrogen and oxygen atoms in total. The van der Waals surface area contributed by atoms with Gasteiger partial charge in [-0.2, -0.15) is 9.61 Å². The molecule has 0 aromatic carbocycles. The first-order valence-corrected chi connectivity index (χ1v) is 9.01. The highest BCUT2D eigenvalue weighted by Crippen LogP contribution is 2.20. The van der Waals surface area contributed by atoms with Gasteiger partial charge in [0.15, 0.2) is 5.65 Å². The lowest BCUT2D eigenvalue weighted by atomic mass is 9.99. The number of nitrogens with zero attached hydrogens (tertiary/aromatic N) is 4. The number of aryl methyl sites for hydroxylation is 1. The van der Waals surface area contributed by atoms with Crippen molar-refractivity contribution in [2.24, 2.45) is 5.92 Å². The van der Waals surface area contributed by atoms with Gasteiger partial charge in [-0.3, -0.25) is 0 Å². The fourth-order valence-corrected chi connectivity index (χ4v) is 3.38. The van der Waals surface area contributed by atoms with Crippen molar-refractivity contribution in [1.82, 2.24) is 19.5 Å². The Labute approximate surface area is 143 Å². The van der Waals surface area contributed by atoms with Crippen LogP contribution >= 0.6 is 0 Å². The summed E-state index contributed by atoms with van der Waals surface area (Å²) in [6, 6.07) is 4.13. The monoisotopic (exact) mass is 331 g/mol. The minimum Gasteiger partial charge on any atom is -0.396 e. The summed E-state index contributed by atoms with van der Waals surface area (Å²) in [6.45, 7) is 10.6. The molecule has 3 rings (SSSR count). The molecule has 132 valence electrons. The Kier molecular flexibility index (Phi) is 5.36. The molecule has 1 atom stereocenters. The maximum atomic E-state index is 9.35. The molecule has 0 bridgehead atoms. The zero-order valence-corrected chi connectivity index (χ0v) is 15.0. The lowest BCUT2D eigenvalue weighted by molar-refractivity contribution is 0.123. The molecule has 0 unspecified atom stereocenters. The average molecular weight is 331 g/mol. The van der Waals surface area contributed by atoms with Gasteiger partial charge in [0.1, 0.15) is 5.82 Å². The Hall–Kier alpha value is -1.66. The summed E-state index contributed by atoms with van der Waals surface area (Å²) in [5.74, 6) is 1.83. The molecule has 0 amide bonds. The number of aliphatic hydroxyl groups excluding tert-OH is 1. The summed E-state index contributed by atoms with van der Waals surface area (Å²) in [5.41, 5.74) is 2.97. The first-order valence-electron chi connectivity index (χ1n) is 9.01. The van der Waals surface area contributed by atoms with E-state index in [4.69, 9.17) is 4.98 Å². The molecule has 2 aromatic rings. The van der Waals surface area contributed by atoms with Crippen LogP contribution in [0.15, 0.2) is 12.1 Å². The molecule has 1 aliphatic rings. The molecule has 2 aromatic heterocycles. The Morgan fingerprint density at radius 3 is 2.96 bits per heavy atom. The Morgan fingerprint density at radius 2 is 2.21 bits per heavy atom. The maximum Gasteiger partial charge on any atom is 0.157 e. The van der Waals surface area contributed by atoms with Gasteiger partial charge < -0.3 is 15.3 Å². The summed E-state index contributed by atoms with van der Waals surface area (Å²) in [7, 11) is 0. The lowest BCUT2D eigenvalue weighted by Crippen LogP contribution is -2.39. The molecule has 1 fully saturated rings. The molecule has 0 radical (unpaired) electrons. The Morgan fingerprint density at radius 1 is 1.38 bits per heavy atom. The maximum absolute atomic E-state index is 9.35. The first kappa shape index (κ1) is 17.2. The van der Waals surface area contributed by atoms with Crippen LogP contribution in [0.1, 0.15) is 44.0 Å². The van der Waals surface area contributed by atoms with E-state index in [1.807, 2.05) is 17.5 Å². The van der Waals surface area contributed by atoms with Crippen molar-refractivity contribution >= 4 is 11.5 Å². The highest BCUT2D eigenvalue weighted by molar-refractivity contribution is 5.50. The number of aliphatic hydroxyl groups is 1. The minimum atomic E-state index is 0.305. The van der Waals surface area contributed by atoms with Crippen LogP contribution < -0.4 is 5.32 Å². The van der Waals surface area contributed by atoms with Gasteiger partial charge in [-0.05, 0) is 38.1 Å². The number of fused-ring (bicyclic) bond motifs is 1. The zero-order chi connectivity index (χ0) is 17.1. The molecular weight excluding hydrogens is 302 g/mol. The van der Waals surface area contributed by atoms with Crippen molar-refractivity contribution in [2.75, 3.05) is 38.1 Å². The molecule has 3 heterocycles. The van der Waals surface area contributed by atoms with E-state index in [1.165, 1.54) is 6.42 Å². The smallest absolute Gasteiger partial charge is 0.157 e. The standard InChI is InChI=1S/C18H29N5O/c1-13(2)16-10-17(23-18(20-16)9-14(3)21-23)19-6-8-22-7-4-5-15(11-22)12-24/h9-10,13,15,19,24H,4-8,11-12H2,1-3H3/t15-/m0/s1. The van der Waals surface area contributed by atoms with Crippen LogP contribution in [0.2, 0.25) is 0 Å². The number of hydrogen-bond donors (Lipinski definition) is 2. The number of nitrogens with one attached hydrogen (secondary N) is 1. The number of likely N-dealkylation sites (tertiary alicyclic amines) is 1. The van der Waals surface area contributed by atoms with E-state index in [9.17, 15) is 5.11 Å². The molecule has 6 heteroatoms. The van der Waals surface area contributed by atoms with E-state index in [0.717, 1.165) is 55.5 Å². The molecular formula is C18H29N5O. The number of rotatable bonds is 6. The van der Waals surface area contributed by atoms with Gasteiger partial charge in [-0.25, -0.2) is 4.98 Å². The van der Waals surface area contributed by atoms with Gasteiger partial charge in [0.05, 0.1) is 5.69 Å². The van der Waals surface area contributed by atoms with Crippen LogP contribution in [0.5, 0.6) is 0 Å². The number of aromatic nitrogens is 3. The largest absolute Gasteiger partial charge is 0.396 e. The predicted octanol–water partition coefficient (Wildman–Crippen LogP) is 2.28. The third-order valence-corrected chi connectivity index (χ3v) is 4.76. The minimum absolute atomic E-state index is 0.305. The van der Waals surface area contributed by atoms with Crippen molar-refractivity contribution < 1.29 is 5.11 Å². The molecule has 1 saturated heterocycles. The first-order chi connectivity index (χ1) is 11.6. The SMILES string of the molecule is Cc1cc2nc(C(C)C)cc(NCCN3CCC[C@H](CO)C3)n2n1. The second-order valence-corrected chi connectivity index (χ2v) is 7.19. The van der Waals surface area contributed by atoms with Crippen molar-refractivity contribution in [3.05, 3.63) is 23.5 Å². The quantitative estimate of drug-likeness (QED) is 0.850. The van der Waals surface area contributed by atoms with Gasteiger partial charge in [-0.15, -0.1) is 0 Å². The van der Waals surface area contributed by atoms with Crippen LogP contribution in [-0.2, 0) is 0 Å². The van der Waals surface area contributed by atoms with Crippen LogP contribution in [0, 0.1) is 12.8 Å². The van der Waals surface area contributed by atoms with Crippen molar-refractivity contribution in [3.63, 3.8) is 0 Å². The highest BCUT2D eigenvalue weighted by atomic mass is 16.3. The molecule has 0 spiro atoms. The summed E-state index contributed by atoms with van der Waals surface area (Å²) in [4.78, 5) is 7.14. The zero-order valence-electron chi connectivity index (χ0n) is 15.0. The fraction of sp³-hybridized carbons (Fsp3) is 0.667. The van der Waals surface area contributed by atoms with E-state index >= 15 is 0 Å². The van der Waals surface area contributed by atoms with Crippen LogP contribution in [0.3, 0.4) is 0 Å². The van der Waals surface area contributed by atoms with Crippen LogP contribution in [-0.4, -0.2) is 57.4 Å². The van der Waals surface area contributed by atoms with E-state index in [-0.39, 0.29) is 0 Å². The molecule has 24 heavy (non-hydrogen) atoms. The normalized spacial score (nSPS) is 19.3. The third-order valence-electron chi connectivity index (χ3n) is 4.76. The van der Waals surface area contributed by atoms with Gasteiger partial charge >= 0.3 is 0 Å². The number of piperidine rings is 1. The average Bonchev–Trinajstić information content (AvgIpc) is 2.95. The predicted molar refractivity (Wildman–Crippen MR) is 96.6 cm³/mol. The summed E-state index contributed by atoms with van der Waals surface area (Å²) >= 11 is 0. The second kappa shape index (κ2) is 7.49. The van der Waals surface area contributed by atoms with Gasteiger partial charge in [0, 0.05) is 44.1 Å². The van der Waals surface area contributed by atoms with E-state index in [2.05, 4.69) is 35.2 Å². The highest BCUT2D eigenvalue weighted by Gasteiger charge is 2.18. The Balaban J connectivity index is 1.68. The third kappa shape index (κ3) is 3.87. The van der Waals surface area contributed by atoms with E-state index in [0.29, 0.717) is 18.4 Å². The van der Waals surface area contributed by atoms with Crippen molar-refractivity contribution in [3.8, 4) is 0 Å². The number of anilines is 1. The second-order valence-electron chi connectivity index (χ2n) is 7.19. The molecule has 1 aliphatic heterocycles. The molecule has 0 aliphatic carbocycles. The van der Waals surface area contributed by atoms with Gasteiger partial charge in [0.25, 0.3) is 0 Å².